The van der Waals surface area contributed by atoms with Gasteiger partial charge in [-0.25, -0.2) is 0 Å². The van der Waals surface area contributed by atoms with Crippen LogP contribution in [0.1, 0.15) is 24.8 Å². The number of nitrogens with zero attached hydrogens (tertiary/aromatic N) is 2. The fourth-order valence-electron chi connectivity index (χ4n) is 2.24. The van der Waals surface area contributed by atoms with Gasteiger partial charge in [0.05, 0.1) is 0 Å². The summed E-state index contributed by atoms with van der Waals surface area (Å²) in [6, 6.07) is 8.79. The molecular weight excluding hydrogens is 387 g/mol. The number of guanidine groups is 1. The topological polar surface area (TPSA) is 39.7 Å². The predicted octanol–water partition coefficient (Wildman–Crippen LogP) is 2.88. The maximum Gasteiger partial charge on any atom is 0.190 e. The number of benzene rings is 1. The summed E-state index contributed by atoms with van der Waals surface area (Å²) in [6.45, 7) is 2.02. The molecule has 1 aromatic carbocycles. The maximum absolute atomic E-state index is 4.25. The molecule has 0 unspecified atom stereocenters. The van der Waals surface area contributed by atoms with Crippen LogP contribution in [-0.4, -0.2) is 40.2 Å². The Balaban J connectivity index is 0.00000242. The molecule has 124 valence electrons. The van der Waals surface area contributed by atoms with Crippen molar-refractivity contribution in [2.45, 2.75) is 25.7 Å². The third kappa shape index (κ3) is 6.85. The van der Waals surface area contributed by atoms with E-state index in [1.807, 2.05) is 7.05 Å². The fraction of sp³-hybridized carbons (Fsp3) is 0.588. The monoisotopic (exact) mass is 416 g/mol. The second-order valence-electron chi connectivity index (χ2n) is 5.99. The summed E-state index contributed by atoms with van der Waals surface area (Å²) in [5, 5.41) is 6.77. The van der Waals surface area contributed by atoms with E-state index in [0.717, 1.165) is 37.8 Å². The minimum atomic E-state index is 0. The molecule has 0 aromatic heterocycles. The van der Waals surface area contributed by atoms with Gasteiger partial charge in [0.1, 0.15) is 0 Å². The molecule has 22 heavy (non-hydrogen) atoms. The van der Waals surface area contributed by atoms with Crippen molar-refractivity contribution in [1.82, 2.24) is 10.6 Å². The minimum absolute atomic E-state index is 0. The summed E-state index contributed by atoms with van der Waals surface area (Å²) in [5.41, 5.74) is 2.64. The Kier molecular flexibility index (Phi) is 8.60. The van der Waals surface area contributed by atoms with Crippen LogP contribution in [0.4, 0.5) is 5.69 Å². The molecule has 2 N–H and O–H groups in total. The minimum Gasteiger partial charge on any atom is -0.378 e. The van der Waals surface area contributed by atoms with Gasteiger partial charge >= 0.3 is 0 Å². The lowest BCUT2D eigenvalue weighted by atomic mass is 10.1. The number of aliphatic imine (C=N–C) groups is 1. The lowest BCUT2D eigenvalue weighted by molar-refractivity contribution is 0.714. The predicted molar refractivity (Wildman–Crippen MR) is 107 cm³/mol. The molecule has 2 rings (SSSR count). The Labute approximate surface area is 151 Å². The molecule has 1 aliphatic rings. The number of anilines is 1. The molecule has 1 aromatic rings. The first-order chi connectivity index (χ1) is 10.2. The first-order valence-corrected chi connectivity index (χ1v) is 7.90. The number of rotatable bonds is 7. The number of hydrogen-bond acceptors (Lipinski definition) is 2. The van der Waals surface area contributed by atoms with Gasteiger partial charge in [-0.05, 0) is 49.3 Å². The van der Waals surface area contributed by atoms with Crippen LogP contribution in [0.3, 0.4) is 0 Å². The Hall–Kier alpha value is -0.980. The zero-order chi connectivity index (χ0) is 15.1. The van der Waals surface area contributed by atoms with Gasteiger partial charge in [-0.3, -0.25) is 4.99 Å². The van der Waals surface area contributed by atoms with Crippen molar-refractivity contribution >= 4 is 35.6 Å². The van der Waals surface area contributed by atoms with Gasteiger partial charge in [-0.2, -0.15) is 0 Å². The molecular formula is C17H29IN4. The molecule has 5 heteroatoms. The van der Waals surface area contributed by atoms with Crippen molar-refractivity contribution in [3.63, 3.8) is 0 Å². The van der Waals surface area contributed by atoms with E-state index >= 15 is 0 Å². The molecule has 0 aliphatic heterocycles. The van der Waals surface area contributed by atoms with Crippen molar-refractivity contribution < 1.29 is 0 Å². The second-order valence-corrected chi connectivity index (χ2v) is 5.99. The molecule has 1 aliphatic carbocycles. The highest BCUT2D eigenvalue weighted by Gasteiger charge is 2.20. The van der Waals surface area contributed by atoms with E-state index in [4.69, 9.17) is 0 Å². The van der Waals surface area contributed by atoms with E-state index in [2.05, 4.69) is 58.9 Å². The summed E-state index contributed by atoms with van der Waals surface area (Å²) < 4.78 is 0. The molecule has 0 saturated heterocycles. The average Bonchev–Trinajstić information content (AvgIpc) is 3.31. The van der Waals surface area contributed by atoms with Crippen LogP contribution in [0.15, 0.2) is 29.3 Å². The summed E-state index contributed by atoms with van der Waals surface area (Å²) in [5.74, 6) is 1.81. The van der Waals surface area contributed by atoms with E-state index in [9.17, 15) is 0 Å². The van der Waals surface area contributed by atoms with Crippen molar-refractivity contribution in [1.29, 1.82) is 0 Å². The second kappa shape index (κ2) is 9.92. The van der Waals surface area contributed by atoms with E-state index in [0.29, 0.717) is 0 Å². The molecule has 0 amide bonds. The normalized spacial score (nSPS) is 14.2. The summed E-state index contributed by atoms with van der Waals surface area (Å²) >= 11 is 0. The van der Waals surface area contributed by atoms with Gasteiger partial charge in [0.15, 0.2) is 5.96 Å². The number of nitrogens with one attached hydrogen (secondary N) is 2. The van der Waals surface area contributed by atoms with Gasteiger partial charge in [-0.1, -0.05) is 12.1 Å². The Morgan fingerprint density at radius 3 is 2.41 bits per heavy atom. The standard InChI is InChI=1S/C17H28N4.HI/c1-18-17(20-13-15-6-7-15)19-12-4-5-14-8-10-16(11-9-14)21(2)3;/h8-11,15H,4-7,12-13H2,1-3H3,(H2,18,19,20);1H. The van der Waals surface area contributed by atoms with Crippen LogP contribution in [0.25, 0.3) is 0 Å². The Morgan fingerprint density at radius 1 is 1.18 bits per heavy atom. The summed E-state index contributed by atoms with van der Waals surface area (Å²) in [4.78, 5) is 6.38. The molecule has 0 heterocycles. The fourth-order valence-corrected chi connectivity index (χ4v) is 2.24. The van der Waals surface area contributed by atoms with Crippen LogP contribution < -0.4 is 15.5 Å². The SMILES string of the molecule is CN=C(NCCCc1ccc(N(C)C)cc1)NCC1CC1.I. The number of aryl methyl sites for hydroxylation is 1. The first kappa shape index (κ1) is 19.1. The Morgan fingerprint density at radius 2 is 1.86 bits per heavy atom. The highest BCUT2D eigenvalue weighted by molar-refractivity contribution is 14.0. The van der Waals surface area contributed by atoms with E-state index < -0.39 is 0 Å². The van der Waals surface area contributed by atoms with Crippen molar-refractivity contribution in [2.24, 2.45) is 10.9 Å². The van der Waals surface area contributed by atoms with E-state index in [1.54, 1.807) is 0 Å². The summed E-state index contributed by atoms with van der Waals surface area (Å²) in [6.07, 6.45) is 4.95. The molecule has 4 nitrogen and oxygen atoms in total. The van der Waals surface area contributed by atoms with Gasteiger partial charge in [0, 0.05) is 39.9 Å². The molecule has 1 saturated carbocycles. The highest BCUT2D eigenvalue weighted by atomic mass is 127. The molecule has 0 spiro atoms. The molecule has 1 fully saturated rings. The van der Waals surface area contributed by atoms with Crippen LogP contribution >= 0.6 is 24.0 Å². The molecule has 0 atom stereocenters. The van der Waals surface area contributed by atoms with Gasteiger partial charge in [0.2, 0.25) is 0 Å². The van der Waals surface area contributed by atoms with Crippen LogP contribution in [-0.2, 0) is 6.42 Å². The third-order valence-corrected chi connectivity index (χ3v) is 3.87. The van der Waals surface area contributed by atoms with Crippen LogP contribution in [0.5, 0.6) is 0 Å². The number of halogens is 1. The zero-order valence-corrected chi connectivity index (χ0v) is 16.3. The average molecular weight is 416 g/mol. The van der Waals surface area contributed by atoms with E-state index in [-0.39, 0.29) is 24.0 Å². The van der Waals surface area contributed by atoms with Crippen LogP contribution in [0.2, 0.25) is 0 Å². The van der Waals surface area contributed by atoms with Gasteiger partial charge < -0.3 is 15.5 Å². The largest absolute Gasteiger partial charge is 0.378 e. The zero-order valence-electron chi connectivity index (χ0n) is 13.9. The van der Waals surface area contributed by atoms with Crippen molar-refractivity contribution in [3.8, 4) is 0 Å². The van der Waals surface area contributed by atoms with E-state index in [1.165, 1.54) is 24.1 Å². The van der Waals surface area contributed by atoms with Crippen molar-refractivity contribution in [3.05, 3.63) is 29.8 Å². The van der Waals surface area contributed by atoms with Gasteiger partial charge in [-0.15, -0.1) is 24.0 Å². The van der Waals surface area contributed by atoms with Crippen LogP contribution in [0, 0.1) is 5.92 Å². The van der Waals surface area contributed by atoms with Crippen molar-refractivity contribution in [2.75, 3.05) is 39.1 Å². The van der Waals surface area contributed by atoms with Gasteiger partial charge in [0.25, 0.3) is 0 Å². The smallest absolute Gasteiger partial charge is 0.190 e. The number of hydrogen-bond donors (Lipinski definition) is 2. The quantitative estimate of drug-likeness (QED) is 0.311. The summed E-state index contributed by atoms with van der Waals surface area (Å²) in [7, 11) is 5.97. The Bertz CT molecular complexity index is 452. The first-order valence-electron chi connectivity index (χ1n) is 7.90. The third-order valence-electron chi connectivity index (χ3n) is 3.87. The lowest BCUT2D eigenvalue weighted by Gasteiger charge is -2.13. The lowest BCUT2D eigenvalue weighted by Crippen LogP contribution is -2.38. The maximum atomic E-state index is 4.25. The molecule has 0 bridgehead atoms. The highest BCUT2D eigenvalue weighted by Crippen LogP contribution is 2.27. The molecule has 0 radical (unpaired) electrons.